The number of halogens is 1. The largest absolute Gasteiger partial charge is 0.376 e. The molecule has 0 aromatic heterocycles. The van der Waals surface area contributed by atoms with Crippen molar-refractivity contribution >= 4 is 0 Å². The highest BCUT2D eigenvalue weighted by molar-refractivity contribution is 5.10. The molecule has 3 heteroatoms. The SMILES string of the molecule is CC#CC(C)(F)COCCN. The number of ether oxygens (including phenoxy) is 1. The van der Waals surface area contributed by atoms with Gasteiger partial charge in [-0.1, -0.05) is 5.92 Å². The van der Waals surface area contributed by atoms with Gasteiger partial charge in [-0.05, 0) is 13.8 Å². The van der Waals surface area contributed by atoms with E-state index in [1.54, 1.807) is 6.92 Å². The third kappa shape index (κ3) is 5.84. The lowest BCUT2D eigenvalue weighted by atomic mass is 10.1. The van der Waals surface area contributed by atoms with Gasteiger partial charge in [-0.15, -0.1) is 5.92 Å². The smallest absolute Gasteiger partial charge is 0.191 e. The summed E-state index contributed by atoms with van der Waals surface area (Å²) < 4.78 is 18.0. The lowest BCUT2D eigenvalue weighted by molar-refractivity contribution is 0.0617. The molecule has 1 atom stereocenters. The molecule has 0 fully saturated rings. The van der Waals surface area contributed by atoms with E-state index in [1.165, 1.54) is 6.92 Å². The number of nitrogens with two attached hydrogens (primary N) is 1. The first-order valence-electron chi connectivity index (χ1n) is 3.53. The minimum absolute atomic E-state index is 0.00889. The molecule has 0 spiro atoms. The van der Waals surface area contributed by atoms with Crippen molar-refractivity contribution in [3.05, 3.63) is 0 Å². The monoisotopic (exact) mass is 159 g/mol. The Hall–Kier alpha value is -0.590. The average Bonchev–Trinajstić information content (AvgIpc) is 1.87. The first kappa shape index (κ1) is 10.4. The van der Waals surface area contributed by atoms with E-state index in [2.05, 4.69) is 11.8 Å². The van der Waals surface area contributed by atoms with Crippen LogP contribution in [0.1, 0.15) is 13.8 Å². The first-order valence-corrected chi connectivity index (χ1v) is 3.53. The van der Waals surface area contributed by atoms with Gasteiger partial charge < -0.3 is 10.5 Å². The van der Waals surface area contributed by atoms with Crippen LogP contribution in [0.3, 0.4) is 0 Å². The van der Waals surface area contributed by atoms with E-state index in [-0.39, 0.29) is 6.61 Å². The molecule has 0 aliphatic rings. The van der Waals surface area contributed by atoms with E-state index in [1.807, 2.05) is 0 Å². The van der Waals surface area contributed by atoms with Crippen molar-refractivity contribution in [1.29, 1.82) is 0 Å². The highest BCUT2D eigenvalue weighted by Crippen LogP contribution is 2.07. The van der Waals surface area contributed by atoms with Gasteiger partial charge in [-0.25, -0.2) is 4.39 Å². The Bertz CT molecular complexity index is 157. The zero-order valence-electron chi connectivity index (χ0n) is 6.98. The van der Waals surface area contributed by atoms with Crippen LogP contribution in [-0.2, 0) is 4.74 Å². The van der Waals surface area contributed by atoms with Crippen molar-refractivity contribution in [1.82, 2.24) is 0 Å². The molecule has 0 aliphatic heterocycles. The van der Waals surface area contributed by atoms with Crippen LogP contribution in [0.5, 0.6) is 0 Å². The maximum atomic E-state index is 13.1. The molecule has 2 N–H and O–H groups in total. The van der Waals surface area contributed by atoms with Gasteiger partial charge in [0.25, 0.3) is 0 Å². The summed E-state index contributed by atoms with van der Waals surface area (Å²) in [5.41, 5.74) is 3.61. The molecule has 0 aromatic rings. The van der Waals surface area contributed by atoms with Gasteiger partial charge in [0.05, 0.1) is 13.2 Å². The number of hydrogen-bond donors (Lipinski definition) is 1. The Morgan fingerprint density at radius 1 is 1.64 bits per heavy atom. The fourth-order valence-corrected chi connectivity index (χ4v) is 0.644. The normalized spacial score (nSPS) is 14.9. The van der Waals surface area contributed by atoms with Crippen LogP contribution in [0.15, 0.2) is 0 Å². The predicted octanol–water partition coefficient (Wildman–Crippen LogP) is 0.713. The Balaban J connectivity index is 3.61. The van der Waals surface area contributed by atoms with Crippen LogP contribution >= 0.6 is 0 Å². The van der Waals surface area contributed by atoms with E-state index in [0.717, 1.165) is 0 Å². The van der Waals surface area contributed by atoms with Crippen LogP contribution in [0.4, 0.5) is 4.39 Å². The Labute approximate surface area is 66.9 Å². The fraction of sp³-hybridized carbons (Fsp3) is 0.750. The summed E-state index contributed by atoms with van der Waals surface area (Å²) in [4.78, 5) is 0. The Kier molecular flexibility index (Phi) is 4.84. The van der Waals surface area contributed by atoms with E-state index in [9.17, 15) is 4.39 Å². The van der Waals surface area contributed by atoms with Crippen LogP contribution in [0, 0.1) is 11.8 Å². The molecule has 11 heavy (non-hydrogen) atoms. The minimum Gasteiger partial charge on any atom is -0.376 e. The molecule has 0 saturated heterocycles. The lowest BCUT2D eigenvalue weighted by Gasteiger charge is -2.12. The van der Waals surface area contributed by atoms with Crippen LogP contribution < -0.4 is 5.73 Å². The van der Waals surface area contributed by atoms with Gasteiger partial charge in [0.15, 0.2) is 5.67 Å². The molecule has 0 aromatic carbocycles. The third-order valence-electron chi connectivity index (χ3n) is 1.02. The van der Waals surface area contributed by atoms with Crippen molar-refractivity contribution in [3.63, 3.8) is 0 Å². The predicted molar refractivity (Wildman–Crippen MR) is 42.8 cm³/mol. The minimum atomic E-state index is -1.54. The molecule has 0 bridgehead atoms. The topological polar surface area (TPSA) is 35.2 Å². The van der Waals surface area contributed by atoms with E-state index >= 15 is 0 Å². The molecule has 2 nitrogen and oxygen atoms in total. The molecule has 0 rings (SSSR count). The summed E-state index contributed by atoms with van der Waals surface area (Å²) in [5, 5.41) is 0. The van der Waals surface area contributed by atoms with Crippen LogP contribution in [0.2, 0.25) is 0 Å². The summed E-state index contributed by atoms with van der Waals surface area (Å²) in [5.74, 6) is 4.90. The lowest BCUT2D eigenvalue weighted by Crippen LogP contribution is -2.24. The maximum Gasteiger partial charge on any atom is 0.191 e. The molecule has 0 heterocycles. The van der Waals surface area contributed by atoms with Gasteiger partial charge in [-0.3, -0.25) is 0 Å². The quantitative estimate of drug-likeness (QED) is 0.484. The summed E-state index contributed by atoms with van der Waals surface area (Å²) in [6.45, 7) is 3.77. The highest BCUT2D eigenvalue weighted by Gasteiger charge is 2.19. The average molecular weight is 159 g/mol. The highest BCUT2D eigenvalue weighted by atomic mass is 19.1. The second kappa shape index (κ2) is 5.11. The molecule has 0 saturated carbocycles. The number of rotatable bonds is 4. The van der Waals surface area contributed by atoms with Crippen LogP contribution in [0.25, 0.3) is 0 Å². The second-order valence-corrected chi connectivity index (χ2v) is 2.41. The van der Waals surface area contributed by atoms with Crippen molar-refractivity contribution in [2.24, 2.45) is 5.73 Å². The summed E-state index contributed by atoms with van der Waals surface area (Å²) in [7, 11) is 0. The fourth-order valence-electron chi connectivity index (χ4n) is 0.644. The summed E-state index contributed by atoms with van der Waals surface area (Å²) >= 11 is 0. The van der Waals surface area contributed by atoms with Gasteiger partial charge in [-0.2, -0.15) is 0 Å². The molecule has 1 unspecified atom stereocenters. The van der Waals surface area contributed by atoms with Gasteiger partial charge >= 0.3 is 0 Å². The second-order valence-electron chi connectivity index (χ2n) is 2.41. The summed E-state index contributed by atoms with van der Waals surface area (Å²) in [6, 6.07) is 0. The standard InChI is InChI=1S/C8H14FNO/c1-3-4-8(2,9)7-11-6-5-10/h5-7,10H2,1-2H3. The van der Waals surface area contributed by atoms with Crippen molar-refractivity contribution in [3.8, 4) is 11.8 Å². The summed E-state index contributed by atoms with van der Waals surface area (Å²) in [6.07, 6.45) is 0. The van der Waals surface area contributed by atoms with Crippen molar-refractivity contribution in [2.75, 3.05) is 19.8 Å². The van der Waals surface area contributed by atoms with E-state index in [0.29, 0.717) is 13.2 Å². The van der Waals surface area contributed by atoms with Crippen LogP contribution in [-0.4, -0.2) is 25.4 Å². The van der Waals surface area contributed by atoms with E-state index < -0.39 is 5.67 Å². The maximum absolute atomic E-state index is 13.1. The Morgan fingerprint density at radius 2 is 2.27 bits per heavy atom. The van der Waals surface area contributed by atoms with E-state index in [4.69, 9.17) is 10.5 Å². The Morgan fingerprint density at radius 3 is 2.73 bits per heavy atom. The zero-order valence-corrected chi connectivity index (χ0v) is 6.98. The molecule has 0 aliphatic carbocycles. The third-order valence-corrected chi connectivity index (χ3v) is 1.02. The van der Waals surface area contributed by atoms with Gasteiger partial charge in [0.2, 0.25) is 0 Å². The zero-order chi connectivity index (χ0) is 8.74. The molecule has 0 radical (unpaired) electrons. The van der Waals surface area contributed by atoms with Crippen molar-refractivity contribution < 1.29 is 9.13 Å². The van der Waals surface area contributed by atoms with Gasteiger partial charge in [0, 0.05) is 6.54 Å². The number of alkyl halides is 1. The first-order chi connectivity index (χ1) is 5.12. The molecular weight excluding hydrogens is 145 g/mol. The molecular formula is C8H14FNO. The molecule has 64 valence electrons. The van der Waals surface area contributed by atoms with Gasteiger partial charge in [0.1, 0.15) is 0 Å². The molecule has 0 amide bonds. The van der Waals surface area contributed by atoms with Crippen molar-refractivity contribution in [2.45, 2.75) is 19.5 Å². The number of hydrogen-bond acceptors (Lipinski definition) is 2.